The number of rotatable bonds is 0. The number of hydrogen-bond donors (Lipinski definition) is 0. The molecule has 0 saturated heterocycles. The van der Waals surface area contributed by atoms with Gasteiger partial charge in [-0.3, -0.25) is 0 Å². The summed E-state index contributed by atoms with van der Waals surface area (Å²) in [4.78, 5) is 0. The van der Waals surface area contributed by atoms with Crippen LogP contribution in [0.15, 0.2) is 24.3 Å². The Bertz CT molecular complexity index is 363. The van der Waals surface area contributed by atoms with Crippen molar-refractivity contribution in [3.8, 4) is 0 Å². The fourth-order valence-corrected chi connectivity index (χ4v) is 0.802. The van der Waals surface area contributed by atoms with Crippen LogP contribution in [0.1, 0.15) is 0 Å². The molecule has 0 unspecified atom stereocenters. The predicted octanol–water partition coefficient (Wildman–Crippen LogP) is 1.14. The van der Waals surface area contributed by atoms with Crippen molar-refractivity contribution >= 4 is 18.3 Å². The standard InChI is InChI=1S/C6H4N4.BF4/c1-2-4-6-5(3-1)7-9-10-8-6;2-1(3,4)5/h1-4H;/q;-1/p+1. The van der Waals surface area contributed by atoms with Gasteiger partial charge in [0.05, 0.1) is 0 Å². The molecular formula is C6H5BF4N4. The lowest BCUT2D eigenvalue weighted by molar-refractivity contribution is -0.435. The summed E-state index contributed by atoms with van der Waals surface area (Å²) in [5.41, 5.74) is 1.73. The molecule has 2 aromatic rings. The summed E-state index contributed by atoms with van der Waals surface area (Å²) >= 11 is 0. The molecule has 0 radical (unpaired) electrons. The molecule has 4 nitrogen and oxygen atoms in total. The second kappa shape index (κ2) is 4.62. The van der Waals surface area contributed by atoms with Gasteiger partial charge >= 0.3 is 7.25 Å². The third kappa shape index (κ3) is 4.84. The molecule has 1 heterocycles. The van der Waals surface area contributed by atoms with E-state index in [1.165, 1.54) is 0 Å². The Kier molecular flexibility index (Phi) is 3.48. The maximum absolute atomic E-state index is 9.75. The maximum atomic E-state index is 9.75. The molecule has 0 aliphatic carbocycles. The first-order chi connectivity index (χ1) is 6.97. The van der Waals surface area contributed by atoms with Gasteiger partial charge in [-0.15, -0.1) is 5.10 Å². The Morgan fingerprint density at radius 1 is 1.07 bits per heavy atom. The number of H-pyrrole nitrogens is 1. The van der Waals surface area contributed by atoms with Gasteiger partial charge in [-0.25, -0.2) is 0 Å². The summed E-state index contributed by atoms with van der Waals surface area (Å²) in [6, 6.07) is 7.60. The first-order valence-corrected chi connectivity index (χ1v) is 3.80. The molecule has 0 aliphatic rings. The summed E-state index contributed by atoms with van der Waals surface area (Å²) < 4.78 is 39.0. The van der Waals surface area contributed by atoms with Crippen LogP contribution in [-0.4, -0.2) is 22.8 Å². The number of hydrogen-bond acceptors (Lipinski definition) is 3. The van der Waals surface area contributed by atoms with Crippen molar-refractivity contribution in [2.75, 3.05) is 0 Å². The van der Waals surface area contributed by atoms with Crippen molar-refractivity contribution in [2.45, 2.75) is 0 Å². The number of nitrogens with one attached hydrogen (secondary N) is 1. The predicted molar refractivity (Wildman–Crippen MR) is 44.1 cm³/mol. The molecule has 1 aromatic carbocycles. The van der Waals surface area contributed by atoms with Gasteiger partial charge in [0, 0.05) is 0 Å². The van der Waals surface area contributed by atoms with Crippen LogP contribution in [0.5, 0.6) is 0 Å². The summed E-state index contributed by atoms with van der Waals surface area (Å²) in [7, 11) is -6.00. The van der Waals surface area contributed by atoms with Crippen molar-refractivity contribution in [3.05, 3.63) is 24.3 Å². The van der Waals surface area contributed by atoms with E-state index in [9.17, 15) is 17.3 Å². The third-order valence-corrected chi connectivity index (χ3v) is 1.27. The van der Waals surface area contributed by atoms with E-state index in [0.717, 1.165) is 11.0 Å². The average Bonchev–Trinajstić information content (AvgIpc) is 2.16. The molecule has 9 heteroatoms. The Morgan fingerprint density at radius 3 is 2.27 bits per heavy atom. The van der Waals surface area contributed by atoms with E-state index < -0.39 is 7.25 Å². The minimum Gasteiger partial charge on any atom is -0.418 e. The van der Waals surface area contributed by atoms with Crippen molar-refractivity contribution in [1.82, 2.24) is 15.5 Å². The second-order valence-corrected chi connectivity index (χ2v) is 2.41. The molecular weight excluding hydrogens is 215 g/mol. The fraction of sp³-hybridized carbons (Fsp3) is 0. The van der Waals surface area contributed by atoms with Gasteiger partial charge in [0.25, 0.3) is 0 Å². The number of fused-ring (bicyclic) bond motifs is 1. The highest BCUT2D eigenvalue weighted by Crippen LogP contribution is 2.06. The molecule has 80 valence electrons. The Balaban J connectivity index is 0.000000195. The second-order valence-electron chi connectivity index (χ2n) is 2.41. The minimum absolute atomic E-state index is 0.831. The van der Waals surface area contributed by atoms with Crippen LogP contribution in [0, 0.1) is 0 Å². The quantitative estimate of drug-likeness (QED) is 0.494. The van der Waals surface area contributed by atoms with Crippen LogP contribution in [-0.2, 0) is 0 Å². The molecule has 0 amide bonds. The van der Waals surface area contributed by atoms with Gasteiger partial charge in [0.1, 0.15) is 0 Å². The van der Waals surface area contributed by atoms with Crippen molar-refractivity contribution in [1.29, 1.82) is 0 Å². The smallest absolute Gasteiger partial charge is 0.418 e. The number of aromatic amines is 1. The molecule has 0 fully saturated rings. The van der Waals surface area contributed by atoms with E-state index in [1.54, 1.807) is 0 Å². The van der Waals surface area contributed by atoms with Crippen LogP contribution >= 0.6 is 0 Å². The van der Waals surface area contributed by atoms with E-state index in [2.05, 4.69) is 20.6 Å². The Morgan fingerprint density at radius 2 is 1.67 bits per heavy atom. The lowest BCUT2D eigenvalue weighted by atomic mass is 10.3. The number of halogens is 4. The SMILES string of the molecule is F[B-](F)(F)F.c1ccc2[nH+]nnnc2c1. The lowest BCUT2D eigenvalue weighted by Gasteiger charge is -1.94. The first kappa shape index (κ1) is 11.3. The highest BCUT2D eigenvalue weighted by atomic mass is 19.5. The van der Waals surface area contributed by atoms with E-state index in [-0.39, 0.29) is 0 Å². The van der Waals surface area contributed by atoms with Crippen molar-refractivity contribution in [3.63, 3.8) is 0 Å². The molecule has 0 saturated carbocycles. The van der Waals surface area contributed by atoms with Crippen LogP contribution in [0.2, 0.25) is 0 Å². The fourth-order valence-electron chi connectivity index (χ4n) is 0.802. The Labute approximate surface area is 81.4 Å². The van der Waals surface area contributed by atoms with E-state index in [1.807, 2.05) is 24.3 Å². The highest BCUT2D eigenvalue weighted by molar-refractivity contribution is 6.50. The number of benzene rings is 1. The molecule has 1 N–H and O–H groups in total. The monoisotopic (exact) mass is 220 g/mol. The summed E-state index contributed by atoms with van der Waals surface area (Å²) in [5, 5.41) is 13.5. The first-order valence-electron chi connectivity index (χ1n) is 3.80. The molecule has 15 heavy (non-hydrogen) atoms. The van der Waals surface area contributed by atoms with Crippen LogP contribution in [0.25, 0.3) is 11.0 Å². The van der Waals surface area contributed by atoms with Gasteiger partial charge in [0.15, 0.2) is 16.2 Å². The Hall–Kier alpha value is -1.80. The zero-order chi connectivity index (χ0) is 11.3. The third-order valence-electron chi connectivity index (χ3n) is 1.27. The summed E-state index contributed by atoms with van der Waals surface area (Å²) in [5.74, 6) is 0. The van der Waals surface area contributed by atoms with Gasteiger partial charge in [0.2, 0.25) is 5.21 Å². The molecule has 0 atom stereocenters. The van der Waals surface area contributed by atoms with Crippen LogP contribution < -0.4 is 5.10 Å². The van der Waals surface area contributed by atoms with Crippen LogP contribution in [0.3, 0.4) is 0 Å². The number of para-hydroxylation sites is 1. The minimum atomic E-state index is -6.00. The number of nitrogens with zero attached hydrogens (tertiary/aromatic N) is 3. The zero-order valence-electron chi connectivity index (χ0n) is 7.24. The summed E-state index contributed by atoms with van der Waals surface area (Å²) in [6.07, 6.45) is 0. The highest BCUT2D eigenvalue weighted by Gasteiger charge is 2.20. The molecule has 0 aliphatic heterocycles. The largest absolute Gasteiger partial charge is 0.673 e. The van der Waals surface area contributed by atoms with Crippen LogP contribution in [0.4, 0.5) is 17.3 Å². The molecule has 0 spiro atoms. The van der Waals surface area contributed by atoms with Crippen molar-refractivity contribution in [2.24, 2.45) is 0 Å². The topological polar surface area (TPSA) is 52.8 Å². The van der Waals surface area contributed by atoms with Crippen molar-refractivity contribution < 1.29 is 22.4 Å². The average molecular weight is 220 g/mol. The zero-order valence-corrected chi connectivity index (χ0v) is 7.24. The number of aromatic nitrogens is 4. The van der Waals surface area contributed by atoms with Gasteiger partial charge in [-0.2, -0.15) is 0 Å². The van der Waals surface area contributed by atoms with Gasteiger partial charge in [-0.05, 0) is 17.2 Å². The van der Waals surface area contributed by atoms with E-state index in [4.69, 9.17) is 0 Å². The normalized spacial score (nSPS) is 10.7. The summed E-state index contributed by atoms with van der Waals surface area (Å²) in [6.45, 7) is 0. The van der Waals surface area contributed by atoms with E-state index >= 15 is 0 Å². The maximum Gasteiger partial charge on any atom is 0.673 e. The van der Waals surface area contributed by atoms with Gasteiger partial charge in [-0.1, -0.05) is 12.1 Å². The molecule has 2 rings (SSSR count). The molecule has 1 aromatic heterocycles. The lowest BCUT2D eigenvalue weighted by Crippen LogP contribution is -2.12. The van der Waals surface area contributed by atoms with E-state index in [0.29, 0.717) is 0 Å². The van der Waals surface area contributed by atoms with Gasteiger partial charge < -0.3 is 17.3 Å². The molecule has 0 bridgehead atoms.